The highest BCUT2D eigenvalue weighted by Crippen LogP contribution is 2.18. The molecule has 10 nitrogen and oxygen atoms in total. The summed E-state index contributed by atoms with van der Waals surface area (Å²) in [7, 11) is 4.90. The lowest BCUT2D eigenvalue weighted by atomic mass is 10.2. The van der Waals surface area contributed by atoms with Gasteiger partial charge in [-0.2, -0.15) is 0 Å². The Labute approximate surface area is 174 Å². The standard InChI is InChI=1S/C20H28N6O4/c1-5-25(16(28)13-24(4)12-15(27)23(2)3)17-18(21)26(20(30)22-19(17)29)11-14-9-7-6-8-10-14/h6-10H,5,11-13,21H2,1-4H3,(H,22,29,30). The number of amides is 2. The molecule has 0 aliphatic rings. The normalized spacial score (nSPS) is 10.8. The molecule has 0 spiro atoms. The number of benzene rings is 1. The van der Waals surface area contributed by atoms with Gasteiger partial charge < -0.3 is 15.5 Å². The Morgan fingerprint density at radius 1 is 1.03 bits per heavy atom. The minimum absolute atomic E-state index is 0.0512. The number of aromatic amines is 1. The predicted molar refractivity (Wildman–Crippen MR) is 115 cm³/mol. The molecule has 2 rings (SSSR count). The summed E-state index contributed by atoms with van der Waals surface area (Å²) in [6.45, 7) is 1.98. The zero-order chi connectivity index (χ0) is 22.4. The van der Waals surface area contributed by atoms with E-state index in [-0.39, 0.29) is 43.6 Å². The van der Waals surface area contributed by atoms with Crippen LogP contribution < -0.4 is 21.9 Å². The molecule has 0 saturated carbocycles. The number of nitrogens with zero attached hydrogens (tertiary/aromatic N) is 4. The second kappa shape index (κ2) is 9.88. The minimum Gasteiger partial charge on any atom is -0.383 e. The lowest BCUT2D eigenvalue weighted by Gasteiger charge is -2.26. The van der Waals surface area contributed by atoms with Gasteiger partial charge in [0.05, 0.1) is 19.6 Å². The summed E-state index contributed by atoms with van der Waals surface area (Å²) in [5, 5.41) is 0. The number of likely N-dealkylation sites (N-methyl/N-ethyl adjacent to an activating group) is 3. The topological polar surface area (TPSA) is 125 Å². The number of nitrogens with two attached hydrogens (primary N) is 1. The quantitative estimate of drug-likeness (QED) is 0.600. The van der Waals surface area contributed by atoms with Crippen LogP contribution in [0.5, 0.6) is 0 Å². The fraction of sp³-hybridized carbons (Fsp3) is 0.400. The molecule has 0 radical (unpaired) electrons. The summed E-state index contributed by atoms with van der Waals surface area (Å²) in [4.78, 5) is 56.0. The van der Waals surface area contributed by atoms with Gasteiger partial charge in [0, 0.05) is 20.6 Å². The molecular formula is C20H28N6O4. The number of hydrogen-bond donors (Lipinski definition) is 2. The van der Waals surface area contributed by atoms with Crippen molar-refractivity contribution in [1.82, 2.24) is 19.4 Å². The first-order chi connectivity index (χ1) is 14.1. The van der Waals surface area contributed by atoms with Gasteiger partial charge >= 0.3 is 5.69 Å². The Morgan fingerprint density at radius 3 is 2.20 bits per heavy atom. The number of carbonyl (C=O) groups excluding carboxylic acids is 2. The highest BCUT2D eigenvalue weighted by Gasteiger charge is 2.24. The van der Waals surface area contributed by atoms with Gasteiger partial charge in [-0.05, 0) is 19.5 Å². The van der Waals surface area contributed by atoms with E-state index in [1.54, 1.807) is 33.0 Å². The Hall–Kier alpha value is -3.40. The average Bonchev–Trinajstić information content (AvgIpc) is 2.68. The Kier molecular flexibility index (Phi) is 7.54. The number of nitrogen functional groups attached to an aromatic ring is 1. The van der Waals surface area contributed by atoms with Gasteiger partial charge in [-0.25, -0.2) is 4.79 Å². The predicted octanol–water partition coefficient (Wildman–Crippen LogP) is -0.460. The molecule has 1 aromatic heterocycles. The Morgan fingerprint density at radius 2 is 1.63 bits per heavy atom. The van der Waals surface area contributed by atoms with Crippen LogP contribution in [0.15, 0.2) is 39.9 Å². The third-order valence-corrected chi connectivity index (χ3v) is 4.59. The molecular weight excluding hydrogens is 388 g/mol. The van der Waals surface area contributed by atoms with Gasteiger partial charge in [0.25, 0.3) is 5.56 Å². The van der Waals surface area contributed by atoms with Gasteiger partial charge in [-0.3, -0.25) is 28.8 Å². The maximum atomic E-state index is 12.9. The third kappa shape index (κ3) is 5.35. The molecule has 0 bridgehead atoms. The van der Waals surface area contributed by atoms with Crippen LogP contribution >= 0.6 is 0 Å². The first-order valence-electron chi connectivity index (χ1n) is 9.51. The molecule has 2 aromatic rings. The van der Waals surface area contributed by atoms with Crippen molar-refractivity contribution in [2.45, 2.75) is 13.5 Å². The van der Waals surface area contributed by atoms with E-state index in [0.717, 1.165) is 5.56 Å². The molecule has 2 amide bonds. The van der Waals surface area contributed by atoms with Crippen LogP contribution in [-0.2, 0) is 16.1 Å². The van der Waals surface area contributed by atoms with Gasteiger partial charge in [0.2, 0.25) is 11.8 Å². The molecule has 0 aliphatic carbocycles. The average molecular weight is 416 g/mol. The number of anilines is 2. The van der Waals surface area contributed by atoms with Crippen molar-refractivity contribution in [3.63, 3.8) is 0 Å². The molecule has 0 atom stereocenters. The highest BCUT2D eigenvalue weighted by molar-refractivity contribution is 5.97. The van der Waals surface area contributed by atoms with E-state index < -0.39 is 17.2 Å². The van der Waals surface area contributed by atoms with Crippen molar-refractivity contribution in [2.75, 3.05) is 51.4 Å². The smallest absolute Gasteiger partial charge is 0.330 e. The lowest BCUT2D eigenvalue weighted by molar-refractivity contribution is -0.130. The number of rotatable bonds is 8. The van der Waals surface area contributed by atoms with Crippen LogP contribution in [0.4, 0.5) is 11.5 Å². The summed E-state index contributed by atoms with van der Waals surface area (Å²) in [5.41, 5.74) is 5.53. The summed E-state index contributed by atoms with van der Waals surface area (Å²) < 4.78 is 1.22. The van der Waals surface area contributed by atoms with Crippen molar-refractivity contribution in [3.05, 3.63) is 56.7 Å². The summed E-state index contributed by atoms with van der Waals surface area (Å²) in [6.07, 6.45) is 0. The van der Waals surface area contributed by atoms with E-state index >= 15 is 0 Å². The molecule has 0 saturated heterocycles. The number of hydrogen-bond acceptors (Lipinski definition) is 6. The maximum absolute atomic E-state index is 12.9. The Balaban J connectivity index is 2.34. The minimum atomic E-state index is -0.732. The number of nitrogens with one attached hydrogen (secondary N) is 1. The third-order valence-electron chi connectivity index (χ3n) is 4.59. The zero-order valence-electron chi connectivity index (χ0n) is 17.7. The number of aromatic nitrogens is 2. The van der Waals surface area contributed by atoms with Gasteiger partial charge in [0.1, 0.15) is 5.82 Å². The maximum Gasteiger partial charge on any atom is 0.330 e. The molecule has 10 heteroatoms. The zero-order valence-corrected chi connectivity index (χ0v) is 17.7. The molecule has 1 heterocycles. The van der Waals surface area contributed by atoms with Crippen molar-refractivity contribution < 1.29 is 9.59 Å². The lowest BCUT2D eigenvalue weighted by Crippen LogP contribution is -2.46. The molecule has 3 N–H and O–H groups in total. The highest BCUT2D eigenvalue weighted by atomic mass is 16.2. The summed E-state index contributed by atoms with van der Waals surface area (Å²) in [6, 6.07) is 9.17. The Bertz CT molecular complexity index is 1010. The fourth-order valence-corrected chi connectivity index (χ4v) is 2.96. The molecule has 1 aromatic carbocycles. The second-order valence-corrected chi connectivity index (χ2v) is 7.16. The summed E-state index contributed by atoms with van der Waals surface area (Å²) >= 11 is 0. The van der Waals surface area contributed by atoms with Gasteiger partial charge in [0.15, 0.2) is 5.69 Å². The van der Waals surface area contributed by atoms with E-state index in [9.17, 15) is 19.2 Å². The van der Waals surface area contributed by atoms with Crippen LogP contribution in [-0.4, -0.2) is 71.9 Å². The van der Waals surface area contributed by atoms with Crippen molar-refractivity contribution in [3.8, 4) is 0 Å². The van der Waals surface area contributed by atoms with E-state index in [1.807, 2.05) is 30.3 Å². The van der Waals surface area contributed by atoms with Crippen molar-refractivity contribution in [2.24, 2.45) is 0 Å². The monoisotopic (exact) mass is 416 g/mol. The SMILES string of the molecule is CCN(C(=O)CN(C)CC(=O)N(C)C)c1c(N)n(Cc2ccccc2)c(=O)[nH]c1=O. The van der Waals surface area contributed by atoms with Crippen LogP contribution in [0, 0.1) is 0 Å². The molecule has 0 aliphatic heterocycles. The number of carbonyl (C=O) groups is 2. The van der Waals surface area contributed by atoms with E-state index in [2.05, 4.69) is 4.98 Å². The first kappa shape index (κ1) is 22.9. The molecule has 30 heavy (non-hydrogen) atoms. The first-order valence-corrected chi connectivity index (χ1v) is 9.51. The summed E-state index contributed by atoms with van der Waals surface area (Å²) in [5.74, 6) is -0.648. The molecule has 162 valence electrons. The van der Waals surface area contributed by atoms with Crippen molar-refractivity contribution >= 4 is 23.3 Å². The van der Waals surface area contributed by atoms with Gasteiger partial charge in [-0.1, -0.05) is 30.3 Å². The van der Waals surface area contributed by atoms with E-state index in [1.165, 1.54) is 14.4 Å². The largest absolute Gasteiger partial charge is 0.383 e. The van der Waals surface area contributed by atoms with Crippen molar-refractivity contribution in [1.29, 1.82) is 0 Å². The molecule has 0 fully saturated rings. The van der Waals surface area contributed by atoms with E-state index in [4.69, 9.17) is 5.73 Å². The molecule has 0 unspecified atom stereocenters. The van der Waals surface area contributed by atoms with Crippen LogP contribution in [0.3, 0.4) is 0 Å². The van der Waals surface area contributed by atoms with Crippen LogP contribution in [0.1, 0.15) is 12.5 Å². The second-order valence-electron chi connectivity index (χ2n) is 7.16. The van der Waals surface area contributed by atoms with Gasteiger partial charge in [-0.15, -0.1) is 0 Å². The number of H-pyrrole nitrogens is 1. The van der Waals surface area contributed by atoms with Crippen LogP contribution in [0.25, 0.3) is 0 Å². The fourth-order valence-electron chi connectivity index (χ4n) is 2.96. The van der Waals surface area contributed by atoms with Crippen LogP contribution in [0.2, 0.25) is 0 Å². The van der Waals surface area contributed by atoms with E-state index in [0.29, 0.717) is 0 Å².